The number of carbonyl (C=O) groups is 4. The molecule has 31 heavy (non-hydrogen) atoms. The number of nitrogens with zero attached hydrogens (tertiary/aromatic N) is 2. The maximum Gasteiger partial charge on any atom is 0.338 e. The van der Waals surface area contributed by atoms with Gasteiger partial charge in [0.25, 0.3) is 17.7 Å². The van der Waals surface area contributed by atoms with Crippen molar-refractivity contribution < 1.29 is 23.9 Å². The van der Waals surface area contributed by atoms with Crippen LogP contribution in [0.25, 0.3) is 0 Å². The quantitative estimate of drug-likeness (QED) is 0.545. The van der Waals surface area contributed by atoms with Crippen LogP contribution in [0.1, 0.15) is 83.4 Å². The summed E-state index contributed by atoms with van der Waals surface area (Å²) >= 11 is 0. The largest absolute Gasteiger partial charge is 0.452 e. The molecule has 0 spiro atoms. The van der Waals surface area contributed by atoms with Gasteiger partial charge in [0.2, 0.25) is 0 Å². The normalized spacial score (nSPS) is 24.3. The van der Waals surface area contributed by atoms with Crippen LogP contribution in [0.2, 0.25) is 0 Å². The molecule has 7 nitrogen and oxygen atoms in total. The van der Waals surface area contributed by atoms with E-state index in [1.54, 1.807) is 4.90 Å². The van der Waals surface area contributed by atoms with Gasteiger partial charge in [0, 0.05) is 19.1 Å². The molecule has 1 aromatic carbocycles. The SMILES string of the molecule is C[C@H]1C[C@H](C)CN(C(=O)COC(=O)c2ccc3c(c2)C(=O)N(C2CCCCC2)C3=O)C1. The highest BCUT2D eigenvalue weighted by molar-refractivity contribution is 6.22. The van der Waals surface area contributed by atoms with E-state index < -0.39 is 5.97 Å². The minimum atomic E-state index is -0.661. The van der Waals surface area contributed by atoms with Gasteiger partial charge in [-0.05, 0) is 49.3 Å². The third-order valence-electron chi connectivity index (χ3n) is 6.64. The lowest BCUT2D eigenvalue weighted by Gasteiger charge is -2.34. The van der Waals surface area contributed by atoms with Crippen molar-refractivity contribution in [3.8, 4) is 0 Å². The number of ether oxygens (including phenoxy) is 1. The number of rotatable bonds is 4. The van der Waals surface area contributed by atoms with Gasteiger partial charge in [-0.3, -0.25) is 19.3 Å². The van der Waals surface area contributed by atoms with Gasteiger partial charge in [-0.1, -0.05) is 33.1 Å². The summed E-state index contributed by atoms with van der Waals surface area (Å²) < 4.78 is 5.24. The number of hydrogen-bond acceptors (Lipinski definition) is 5. The van der Waals surface area contributed by atoms with E-state index in [9.17, 15) is 19.2 Å². The van der Waals surface area contributed by atoms with Crippen LogP contribution < -0.4 is 0 Å². The predicted molar refractivity (Wildman–Crippen MR) is 114 cm³/mol. The Hall–Kier alpha value is -2.70. The molecule has 4 rings (SSSR count). The van der Waals surface area contributed by atoms with Crippen LogP contribution in [0, 0.1) is 11.8 Å². The highest BCUT2D eigenvalue weighted by Gasteiger charge is 2.40. The molecule has 1 saturated carbocycles. The Morgan fingerprint density at radius 3 is 2.29 bits per heavy atom. The number of esters is 1. The fourth-order valence-electron chi connectivity index (χ4n) is 5.23. The molecule has 0 N–H and O–H groups in total. The topological polar surface area (TPSA) is 84.0 Å². The first-order chi connectivity index (χ1) is 14.8. The van der Waals surface area contributed by atoms with Crippen molar-refractivity contribution in [2.75, 3.05) is 19.7 Å². The van der Waals surface area contributed by atoms with E-state index in [4.69, 9.17) is 4.74 Å². The van der Waals surface area contributed by atoms with Gasteiger partial charge in [0.05, 0.1) is 16.7 Å². The van der Waals surface area contributed by atoms with E-state index in [1.165, 1.54) is 23.1 Å². The third-order valence-corrected chi connectivity index (χ3v) is 6.64. The van der Waals surface area contributed by atoms with Gasteiger partial charge in [-0.2, -0.15) is 0 Å². The molecule has 0 bridgehead atoms. The molecule has 2 heterocycles. The maximum absolute atomic E-state index is 12.9. The Bertz CT molecular complexity index is 895. The maximum atomic E-state index is 12.9. The molecule has 1 aromatic rings. The standard InChI is InChI=1S/C24H30N2O5/c1-15-10-16(2)13-25(12-15)21(27)14-31-24(30)17-8-9-19-20(11-17)23(29)26(22(19)28)18-6-4-3-5-7-18/h8-9,11,15-16,18H,3-7,10,12-14H2,1-2H3/t15-,16-/m0/s1. The van der Waals surface area contributed by atoms with E-state index in [0.717, 1.165) is 38.5 Å². The van der Waals surface area contributed by atoms with E-state index in [1.807, 2.05) is 0 Å². The Morgan fingerprint density at radius 2 is 1.61 bits per heavy atom. The van der Waals surface area contributed by atoms with Crippen LogP contribution in [-0.4, -0.2) is 59.2 Å². The van der Waals surface area contributed by atoms with Gasteiger partial charge in [0.1, 0.15) is 0 Å². The number of benzene rings is 1. The third kappa shape index (κ3) is 4.36. The number of hydrogen-bond donors (Lipinski definition) is 0. The first kappa shape index (κ1) is 21.5. The zero-order valence-electron chi connectivity index (χ0n) is 18.3. The molecule has 3 amide bonds. The molecule has 1 aliphatic carbocycles. The van der Waals surface area contributed by atoms with Crippen LogP contribution >= 0.6 is 0 Å². The number of fused-ring (bicyclic) bond motifs is 1. The molecule has 3 aliphatic rings. The van der Waals surface area contributed by atoms with Crippen molar-refractivity contribution in [2.24, 2.45) is 11.8 Å². The monoisotopic (exact) mass is 426 g/mol. The van der Waals surface area contributed by atoms with Crippen LogP contribution in [0.4, 0.5) is 0 Å². The summed E-state index contributed by atoms with van der Waals surface area (Å²) in [4.78, 5) is 53.8. The Labute approximate surface area is 182 Å². The van der Waals surface area contributed by atoms with E-state index in [2.05, 4.69) is 13.8 Å². The summed E-state index contributed by atoms with van der Waals surface area (Å²) in [6.45, 7) is 5.25. The first-order valence-corrected chi connectivity index (χ1v) is 11.3. The summed E-state index contributed by atoms with van der Waals surface area (Å²) in [5.41, 5.74) is 0.757. The second-order valence-electron chi connectivity index (χ2n) is 9.35. The molecule has 2 aliphatic heterocycles. The van der Waals surface area contributed by atoms with Crippen LogP contribution in [-0.2, 0) is 9.53 Å². The Balaban J connectivity index is 1.41. The summed E-state index contributed by atoms with van der Waals surface area (Å²) in [7, 11) is 0. The van der Waals surface area contributed by atoms with Gasteiger partial charge in [0.15, 0.2) is 6.61 Å². The molecular weight excluding hydrogens is 396 g/mol. The number of imide groups is 1. The molecule has 0 unspecified atom stereocenters. The molecule has 166 valence electrons. The average Bonchev–Trinajstić information content (AvgIpc) is 3.01. The van der Waals surface area contributed by atoms with Crippen molar-refractivity contribution in [3.05, 3.63) is 34.9 Å². The molecule has 7 heteroatoms. The second-order valence-corrected chi connectivity index (χ2v) is 9.35. The van der Waals surface area contributed by atoms with Crippen molar-refractivity contribution in [3.63, 3.8) is 0 Å². The second kappa shape index (κ2) is 8.81. The highest BCUT2D eigenvalue weighted by atomic mass is 16.5. The highest BCUT2D eigenvalue weighted by Crippen LogP contribution is 2.31. The van der Waals surface area contributed by atoms with Crippen LogP contribution in [0.15, 0.2) is 18.2 Å². The molecule has 1 saturated heterocycles. The van der Waals surface area contributed by atoms with Gasteiger partial charge in [-0.15, -0.1) is 0 Å². The smallest absolute Gasteiger partial charge is 0.338 e. The molecule has 0 radical (unpaired) electrons. The lowest BCUT2D eigenvalue weighted by atomic mass is 9.92. The number of amides is 3. The molecular formula is C24H30N2O5. The molecule has 2 atom stereocenters. The van der Waals surface area contributed by atoms with E-state index in [0.29, 0.717) is 30.5 Å². The van der Waals surface area contributed by atoms with Crippen LogP contribution in [0.3, 0.4) is 0 Å². The lowest BCUT2D eigenvalue weighted by Crippen LogP contribution is -2.44. The minimum absolute atomic E-state index is 0.0662. The van der Waals surface area contributed by atoms with Gasteiger partial charge >= 0.3 is 5.97 Å². The number of carbonyl (C=O) groups excluding carboxylic acids is 4. The number of piperidine rings is 1. The minimum Gasteiger partial charge on any atom is -0.452 e. The zero-order valence-corrected chi connectivity index (χ0v) is 18.3. The lowest BCUT2D eigenvalue weighted by molar-refractivity contribution is -0.137. The fraction of sp³-hybridized carbons (Fsp3) is 0.583. The van der Waals surface area contributed by atoms with E-state index in [-0.39, 0.29) is 41.5 Å². The van der Waals surface area contributed by atoms with E-state index >= 15 is 0 Å². The van der Waals surface area contributed by atoms with Crippen molar-refractivity contribution in [1.82, 2.24) is 9.80 Å². The zero-order chi connectivity index (χ0) is 22.1. The summed E-state index contributed by atoms with van der Waals surface area (Å²) in [5.74, 6) is -0.635. The van der Waals surface area contributed by atoms with Crippen molar-refractivity contribution in [1.29, 1.82) is 0 Å². The molecule has 0 aromatic heterocycles. The van der Waals surface area contributed by atoms with Gasteiger partial charge in [-0.25, -0.2) is 4.79 Å². The molecule has 2 fully saturated rings. The fourth-order valence-corrected chi connectivity index (χ4v) is 5.23. The van der Waals surface area contributed by atoms with Gasteiger partial charge < -0.3 is 9.64 Å². The summed E-state index contributed by atoms with van der Waals surface area (Å²) in [6.07, 6.45) is 5.90. The Morgan fingerprint density at radius 1 is 0.968 bits per heavy atom. The van der Waals surface area contributed by atoms with Crippen molar-refractivity contribution in [2.45, 2.75) is 58.4 Å². The van der Waals surface area contributed by atoms with Crippen LogP contribution in [0.5, 0.6) is 0 Å². The average molecular weight is 427 g/mol. The summed E-state index contributed by atoms with van der Waals surface area (Å²) in [6, 6.07) is 4.37. The number of likely N-dealkylation sites (tertiary alicyclic amines) is 1. The summed E-state index contributed by atoms with van der Waals surface area (Å²) in [5, 5.41) is 0. The van der Waals surface area contributed by atoms with Crippen molar-refractivity contribution >= 4 is 23.7 Å². The Kier molecular flexibility index (Phi) is 6.12. The predicted octanol–water partition coefficient (Wildman–Crippen LogP) is 3.28. The first-order valence-electron chi connectivity index (χ1n) is 11.3.